The van der Waals surface area contributed by atoms with E-state index in [-0.39, 0.29) is 5.69 Å². The zero-order valence-electron chi connectivity index (χ0n) is 11.3. The first kappa shape index (κ1) is 13.6. The van der Waals surface area contributed by atoms with Gasteiger partial charge >= 0.3 is 5.97 Å². The van der Waals surface area contributed by atoms with Crippen molar-refractivity contribution in [3.05, 3.63) is 17.5 Å². The number of carbonyl (C=O) groups excluding carboxylic acids is 1. The fraction of sp³-hybridized carbons (Fsp3) is 0.615. The number of nitrogens with zero attached hydrogens (tertiary/aromatic N) is 2. The van der Waals surface area contributed by atoms with Gasteiger partial charge in [0.1, 0.15) is 11.2 Å². The molecule has 2 rings (SSSR count). The van der Waals surface area contributed by atoms with Crippen molar-refractivity contribution in [1.29, 1.82) is 0 Å². The van der Waals surface area contributed by atoms with E-state index in [1.807, 2.05) is 6.92 Å². The van der Waals surface area contributed by atoms with Gasteiger partial charge in [-0.3, -0.25) is 9.48 Å². The van der Waals surface area contributed by atoms with Crippen LogP contribution in [0.3, 0.4) is 0 Å². The van der Waals surface area contributed by atoms with E-state index >= 15 is 0 Å². The SMILES string of the molecule is Cc1cc(C(=O)NC2(C(=O)O)CCCCC2)nn1C. The maximum absolute atomic E-state index is 12.1. The Balaban J connectivity index is 2.17. The van der Waals surface area contributed by atoms with Gasteiger partial charge in [0.25, 0.3) is 5.91 Å². The molecule has 0 bridgehead atoms. The zero-order valence-corrected chi connectivity index (χ0v) is 11.3. The fourth-order valence-electron chi connectivity index (χ4n) is 2.50. The van der Waals surface area contributed by atoms with E-state index in [1.165, 1.54) is 0 Å². The summed E-state index contributed by atoms with van der Waals surface area (Å²) in [5.74, 6) is -1.36. The molecule has 19 heavy (non-hydrogen) atoms. The normalized spacial score (nSPS) is 18.0. The van der Waals surface area contributed by atoms with E-state index in [9.17, 15) is 14.7 Å². The van der Waals surface area contributed by atoms with Gasteiger partial charge in [0.05, 0.1) is 0 Å². The molecule has 1 aromatic heterocycles. The van der Waals surface area contributed by atoms with Gasteiger partial charge < -0.3 is 10.4 Å². The van der Waals surface area contributed by atoms with Gasteiger partial charge in [0, 0.05) is 12.7 Å². The van der Waals surface area contributed by atoms with Crippen LogP contribution in [0, 0.1) is 6.92 Å². The molecule has 1 heterocycles. The highest BCUT2D eigenvalue weighted by Crippen LogP contribution is 2.28. The molecule has 1 aromatic rings. The van der Waals surface area contributed by atoms with Gasteiger partial charge in [-0.15, -0.1) is 0 Å². The third-order valence-corrected chi connectivity index (χ3v) is 3.82. The number of hydrogen-bond acceptors (Lipinski definition) is 3. The Bertz CT molecular complexity index is 482. The van der Waals surface area contributed by atoms with Gasteiger partial charge in [-0.1, -0.05) is 19.3 Å². The Morgan fingerprint density at radius 1 is 1.37 bits per heavy atom. The van der Waals surface area contributed by atoms with Crippen LogP contribution in [0.2, 0.25) is 0 Å². The molecule has 0 saturated heterocycles. The number of aryl methyl sites for hydroxylation is 2. The minimum Gasteiger partial charge on any atom is -0.480 e. The van der Waals surface area contributed by atoms with E-state index < -0.39 is 17.4 Å². The summed E-state index contributed by atoms with van der Waals surface area (Å²) in [5.41, 5.74) is 0.00480. The molecule has 1 fully saturated rings. The van der Waals surface area contributed by atoms with Crippen molar-refractivity contribution in [2.75, 3.05) is 0 Å². The van der Waals surface area contributed by atoms with Gasteiger partial charge in [-0.2, -0.15) is 5.10 Å². The third kappa shape index (κ3) is 2.62. The Kier molecular flexibility index (Phi) is 3.59. The number of rotatable bonds is 3. The second kappa shape index (κ2) is 5.03. The molecular weight excluding hydrogens is 246 g/mol. The molecule has 1 aliphatic carbocycles. The van der Waals surface area contributed by atoms with E-state index in [1.54, 1.807) is 17.8 Å². The standard InChI is InChI=1S/C13H19N3O3/c1-9-8-10(15-16(9)2)11(17)14-13(12(18)19)6-4-3-5-7-13/h8H,3-7H2,1-2H3,(H,14,17)(H,18,19). The number of carboxylic acids is 1. The molecule has 6 heteroatoms. The average molecular weight is 265 g/mol. The Morgan fingerprint density at radius 2 is 2.00 bits per heavy atom. The lowest BCUT2D eigenvalue weighted by molar-refractivity contribution is -0.145. The van der Waals surface area contributed by atoms with E-state index in [0.717, 1.165) is 25.0 Å². The van der Waals surface area contributed by atoms with Crippen molar-refractivity contribution in [2.24, 2.45) is 7.05 Å². The van der Waals surface area contributed by atoms with Crippen LogP contribution in [0.15, 0.2) is 6.07 Å². The number of aliphatic carboxylic acids is 1. The molecule has 0 unspecified atom stereocenters. The maximum atomic E-state index is 12.1. The first-order valence-corrected chi connectivity index (χ1v) is 6.51. The van der Waals surface area contributed by atoms with Crippen molar-refractivity contribution >= 4 is 11.9 Å². The molecule has 0 radical (unpaired) electrons. The van der Waals surface area contributed by atoms with Gasteiger partial charge in [0.15, 0.2) is 0 Å². The summed E-state index contributed by atoms with van der Waals surface area (Å²) in [6, 6.07) is 1.66. The maximum Gasteiger partial charge on any atom is 0.329 e. The number of aromatic nitrogens is 2. The summed E-state index contributed by atoms with van der Waals surface area (Å²) in [6.07, 6.45) is 3.65. The highest BCUT2D eigenvalue weighted by Gasteiger charge is 2.41. The van der Waals surface area contributed by atoms with Gasteiger partial charge in [-0.05, 0) is 25.8 Å². The fourth-order valence-corrected chi connectivity index (χ4v) is 2.50. The molecule has 0 atom stereocenters. The quantitative estimate of drug-likeness (QED) is 0.861. The molecule has 0 spiro atoms. The molecule has 1 aliphatic rings. The Morgan fingerprint density at radius 3 is 2.47 bits per heavy atom. The molecule has 6 nitrogen and oxygen atoms in total. The monoisotopic (exact) mass is 265 g/mol. The molecule has 1 saturated carbocycles. The van der Waals surface area contributed by atoms with Gasteiger partial charge in [-0.25, -0.2) is 4.79 Å². The largest absolute Gasteiger partial charge is 0.480 e. The first-order valence-electron chi connectivity index (χ1n) is 6.51. The highest BCUT2D eigenvalue weighted by molar-refractivity contribution is 5.96. The smallest absolute Gasteiger partial charge is 0.329 e. The Labute approximate surface area is 111 Å². The molecular formula is C13H19N3O3. The summed E-state index contributed by atoms with van der Waals surface area (Å²) >= 11 is 0. The summed E-state index contributed by atoms with van der Waals surface area (Å²) < 4.78 is 1.60. The lowest BCUT2D eigenvalue weighted by Gasteiger charge is -2.33. The minimum atomic E-state index is -1.12. The van der Waals surface area contributed by atoms with Crippen LogP contribution in [0.1, 0.15) is 48.3 Å². The molecule has 1 amide bonds. The van der Waals surface area contributed by atoms with Crippen LogP contribution >= 0.6 is 0 Å². The van der Waals surface area contributed by atoms with Crippen LogP contribution in [0.25, 0.3) is 0 Å². The van der Waals surface area contributed by atoms with Gasteiger partial charge in [0.2, 0.25) is 0 Å². The number of hydrogen-bond donors (Lipinski definition) is 2. The summed E-state index contributed by atoms with van der Waals surface area (Å²) in [4.78, 5) is 23.6. The van der Waals surface area contributed by atoms with Crippen molar-refractivity contribution in [3.8, 4) is 0 Å². The summed E-state index contributed by atoms with van der Waals surface area (Å²) in [5, 5.41) is 16.2. The van der Waals surface area contributed by atoms with Crippen LogP contribution in [0.5, 0.6) is 0 Å². The van der Waals surface area contributed by atoms with Crippen molar-refractivity contribution in [2.45, 2.75) is 44.6 Å². The Hall–Kier alpha value is -1.85. The third-order valence-electron chi connectivity index (χ3n) is 3.82. The predicted octanol–water partition coefficient (Wildman–Crippen LogP) is 1.25. The number of carbonyl (C=O) groups is 2. The van der Waals surface area contributed by atoms with E-state index in [2.05, 4.69) is 10.4 Å². The summed E-state index contributed by atoms with van der Waals surface area (Å²) in [6.45, 7) is 1.84. The molecule has 104 valence electrons. The lowest BCUT2D eigenvalue weighted by atomic mass is 9.81. The van der Waals surface area contributed by atoms with Crippen molar-refractivity contribution in [3.63, 3.8) is 0 Å². The average Bonchev–Trinajstić information content (AvgIpc) is 2.71. The highest BCUT2D eigenvalue weighted by atomic mass is 16.4. The van der Waals surface area contributed by atoms with E-state index in [0.29, 0.717) is 12.8 Å². The number of nitrogens with one attached hydrogen (secondary N) is 1. The van der Waals surface area contributed by atoms with Crippen LogP contribution in [-0.4, -0.2) is 32.3 Å². The zero-order chi connectivity index (χ0) is 14.0. The molecule has 0 aliphatic heterocycles. The number of carboxylic acid groups (broad SMARTS) is 1. The minimum absolute atomic E-state index is 0.270. The van der Waals surface area contributed by atoms with Crippen molar-refractivity contribution < 1.29 is 14.7 Å². The topological polar surface area (TPSA) is 84.2 Å². The van der Waals surface area contributed by atoms with Crippen LogP contribution in [-0.2, 0) is 11.8 Å². The van der Waals surface area contributed by atoms with Crippen LogP contribution < -0.4 is 5.32 Å². The molecule has 0 aromatic carbocycles. The van der Waals surface area contributed by atoms with Crippen molar-refractivity contribution in [1.82, 2.24) is 15.1 Å². The second-order valence-corrected chi connectivity index (χ2v) is 5.20. The second-order valence-electron chi connectivity index (χ2n) is 5.20. The molecule has 2 N–H and O–H groups in total. The number of amides is 1. The summed E-state index contributed by atoms with van der Waals surface area (Å²) in [7, 11) is 1.75. The lowest BCUT2D eigenvalue weighted by Crippen LogP contribution is -2.55. The van der Waals surface area contributed by atoms with Crippen LogP contribution in [0.4, 0.5) is 0 Å². The predicted molar refractivity (Wildman–Crippen MR) is 68.9 cm³/mol. The first-order chi connectivity index (χ1) is 8.94. The van der Waals surface area contributed by atoms with E-state index in [4.69, 9.17) is 0 Å².